The Morgan fingerprint density at radius 1 is 1.73 bits per heavy atom. The van der Waals surface area contributed by atoms with Crippen LogP contribution in [0.3, 0.4) is 0 Å². The van der Waals surface area contributed by atoms with Crippen molar-refractivity contribution in [1.82, 2.24) is 14.8 Å². The predicted molar refractivity (Wildman–Crippen MR) is 42.8 cm³/mol. The van der Waals surface area contributed by atoms with Crippen molar-refractivity contribution in [2.45, 2.75) is 25.8 Å². The first-order chi connectivity index (χ1) is 5.16. The summed E-state index contributed by atoms with van der Waals surface area (Å²) < 4.78 is 1.53. The molecule has 0 saturated heterocycles. The van der Waals surface area contributed by atoms with Gasteiger partial charge in [-0.15, -0.1) is 11.6 Å². The molecule has 62 valence electrons. The summed E-state index contributed by atoms with van der Waals surface area (Å²) in [6.07, 6.45) is 0. The van der Waals surface area contributed by atoms with Gasteiger partial charge in [-0.1, -0.05) is 0 Å². The second-order valence-corrected chi connectivity index (χ2v) is 2.81. The van der Waals surface area contributed by atoms with Crippen molar-refractivity contribution >= 4 is 11.6 Å². The zero-order valence-corrected chi connectivity index (χ0v) is 7.22. The summed E-state index contributed by atoms with van der Waals surface area (Å²) in [4.78, 5) is 11.0. The predicted octanol–water partition coefficient (Wildman–Crippen LogP) is 0.891. The maximum Gasteiger partial charge on any atom is 0.343 e. The van der Waals surface area contributed by atoms with Gasteiger partial charge in [-0.2, -0.15) is 5.10 Å². The van der Waals surface area contributed by atoms with Gasteiger partial charge in [-0.3, -0.25) is 4.57 Å². The topological polar surface area (TPSA) is 50.7 Å². The van der Waals surface area contributed by atoms with Gasteiger partial charge in [0.2, 0.25) is 0 Å². The molecule has 0 radical (unpaired) electrons. The highest BCUT2D eigenvalue weighted by atomic mass is 35.5. The van der Waals surface area contributed by atoms with E-state index in [9.17, 15) is 4.79 Å². The molecule has 1 N–H and O–H groups in total. The van der Waals surface area contributed by atoms with Gasteiger partial charge in [0.1, 0.15) is 5.82 Å². The van der Waals surface area contributed by atoms with E-state index in [1.165, 1.54) is 4.57 Å². The second kappa shape index (κ2) is 3.09. The summed E-state index contributed by atoms with van der Waals surface area (Å²) in [5.41, 5.74) is -0.198. The van der Waals surface area contributed by atoms with Crippen LogP contribution < -0.4 is 5.69 Å². The number of rotatable bonds is 2. The molecule has 0 amide bonds. The zero-order valence-electron chi connectivity index (χ0n) is 6.47. The number of hydrogen-bond donors (Lipinski definition) is 1. The van der Waals surface area contributed by atoms with E-state index >= 15 is 0 Å². The molecule has 0 saturated carbocycles. The van der Waals surface area contributed by atoms with Crippen molar-refractivity contribution in [3.05, 3.63) is 16.3 Å². The van der Waals surface area contributed by atoms with Crippen LogP contribution in [0.15, 0.2) is 4.79 Å². The maximum atomic E-state index is 11.0. The first-order valence-corrected chi connectivity index (χ1v) is 3.92. The fourth-order valence-corrected chi connectivity index (χ4v) is 1.15. The van der Waals surface area contributed by atoms with Crippen molar-refractivity contribution in [2.24, 2.45) is 0 Å². The third-order valence-electron chi connectivity index (χ3n) is 1.41. The van der Waals surface area contributed by atoms with Gasteiger partial charge in [0, 0.05) is 6.04 Å². The Hall–Kier alpha value is -0.770. The molecule has 5 heteroatoms. The largest absolute Gasteiger partial charge is 0.343 e. The normalized spacial score (nSPS) is 10.9. The number of nitrogens with one attached hydrogen (secondary N) is 1. The summed E-state index contributed by atoms with van der Waals surface area (Å²) in [5, 5.41) is 6.09. The van der Waals surface area contributed by atoms with Crippen LogP contribution in [0.5, 0.6) is 0 Å². The fraction of sp³-hybridized carbons (Fsp3) is 0.667. The molecule has 0 unspecified atom stereocenters. The van der Waals surface area contributed by atoms with Crippen LogP contribution in [-0.2, 0) is 5.88 Å². The molecule has 11 heavy (non-hydrogen) atoms. The molecule has 0 atom stereocenters. The number of nitrogens with zero attached hydrogens (tertiary/aromatic N) is 2. The van der Waals surface area contributed by atoms with Crippen LogP contribution >= 0.6 is 11.6 Å². The molecule has 4 nitrogen and oxygen atoms in total. The van der Waals surface area contributed by atoms with Gasteiger partial charge in [0.05, 0.1) is 5.88 Å². The second-order valence-electron chi connectivity index (χ2n) is 2.54. The smallest absolute Gasteiger partial charge is 0.276 e. The lowest BCUT2D eigenvalue weighted by Gasteiger charge is -2.05. The van der Waals surface area contributed by atoms with Crippen LogP contribution in [0.1, 0.15) is 25.7 Å². The number of aromatic nitrogens is 3. The molecule has 0 fully saturated rings. The van der Waals surface area contributed by atoms with Gasteiger partial charge >= 0.3 is 5.69 Å². The number of aromatic amines is 1. The summed E-state index contributed by atoms with van der Waals surface area (Å²) in [7, 11) is 0. The van der Waals surface area contributed by atoms with E-state index in [2.05, 4.69) is 10.2 Å². The molecule has 0 bridgehead atoms. The minimum Gasteiger partial charge on any atom is -0.276 e. The molecule has 0 spiro atoms. The summed E-state index contributed by atoms with van der Waals surface area (Å²) in [5.74, 6) is 0.850. The summed E-state index contributed by atoms with van der Waals surface area (Å²) >= 11 is 5.55. The van der Waals surface area contributed by atoms with Crippen molar-refractivity contribution in [2.75, 3.05) is 0 Å². The minimum absolute atomic E-state index is 0.106. The van der Waals surface area contributed by atoms with E-state index in [0.29, 0.717) is 5.82 Å². The average Bonchev–Trinajstić information content (AvgIpc) is 2.30. The van der Waals surface area contributed by atoms with E-state index in [1.54, 1.807) is 0 Å². The highest BCUT2D eigenvalue weighted by Crippen LogP contribution is 2.04. The maximum absolute atomic E-state index is 11.0. The molecular formula is C6H10ClN3O. The third kappa shape index (κ3) is 1.45. The lowest BCUT2D eigenvalue weighted by Crippen LogP contribution is -2.20. The zero-order chi connectivity index (χ0) is 8.43. The van der Waals surface area contributed by atoms with Crippen molar-refractivity contribution in [1.29, 1.82) is 0 Å². The third-order valence-corrected chi connectivity index (χ3v) is 1.65. The van der Waals surface area contributed by atoms with E-state index < -0.39 is 0 Å². The molecule has 1 rings (SSSR count). The van der Waals surface area contributed by atoms with E-state index in [-0.39, 0.29) is 17.6 Å². The summed E-state index contributed by atoms with van der Waals surface area (Å²) in [6.45, 7) is 3.82. The lowest BCUT2D eigenvalue weighted by atomic mass is 10.4. The van der Waals surface area contributed by atoms with Gasteiger partial charge in [0.25, 0.3) is 0 Å². The van der Waals surface area contributed by atoms with Crippen LogP contribution in [0.25, 0.3) is 0 Å². The fourth-order valence-electron chi connectivity index (χ4n) is 0.964. The van der Waals surface area contributed by atoms with Crippen molar-refractivity contribution in [3.63, 3.8) is 0 Å². The first-order valence-electron chi connectivity index (χ1n) is 3.38. The van der Waals surface area contributed by atoms with Gasteiger partial charge in [0.15, 0.2) is 0 Å². The molecular weight excluding hydrogens is 166 g/mol. The van der Waals surface area contributed by atoms with Crippen LogP contribution in [0.2, 0.25) is 0 Å². The highest BCUT2D eigenvalue weighted by molar-refractivity contribution is 6.16. The highest BCUT2D eigenvalue weighted by Gasteiger charge is 2.08. The number of alkyl halides is 1. The Morgan fingerprint density at radius 2 is 2.36 bits per heavy atom. The SMILES string of the molecule is CC(C)n1c(CCl)n[nH]c1=O. The van der Waals surface area contributed by atoms with Gasteiger partial charge in [-0.25, -0.2) is 9.89 Å². The first kappa shape index (κ1) is 8.33. The Bertz CT molecular complexity index is 288. The molecule has 0 aliphatic rings. The Labute approximate surface area is 69.2 Å². The van der Waals surface area contributed by atoms with Gasteiger partial charge in [-0.05, 0) is 13.8 Å². The molecule has 0 aliphatic heterocycles. The van der Waals surface area contributed by atoms with Crippen LogP contribution in [0.4, 0.5) is 0 Å². The molecule has 1 heterocycles. The van der Waals surface area contributed by atoms with Crippen molar-refractivity contribution < 1.29 is 0 Å². The standard InChI is InChI=1S/C6H10ClN3O/c1-4(2)10-5(3-7)8-9-6(10)11/h4H,3H2,1-2H3,(H,9,11). The minimum atomic E-state index is -0.198. The number of H-pyrrole nitrogens is 1. The van der Waals surface area contributed by atoms with E-state index in [1.807, 2.05) is 13.8 Å². The Kier molecular flexibility index (Phi) is 2.34. The Balaban J connectivity index is 3.18. The molecule has 0 aliphatic carbocycles. The number of halogens is 1. The monoisotopic (exact) mass is 175 g/mol. The van der Waals surface area contributed by atoms with E-state index in [4.69, 9.17) is 11.6 Å². The van der Waals surface area contributed by atoms with E-state index in [0.717, 1.165) is 0 Å². The van der Waals surface area contributed by atoms with Crippen LogP contribution in [-0.4, -0.2) is 14.8 Å². The van der Waals surface area contributed by atoms with Gasteiger partial charge < -0.3 is 0 Å². The Morgan fingerprint density at radius 3 is 2.73 bits per heavy atom. The summed E-state index contributed by atoms with van der Waals surface area (Å²) in [6, 6.07) is 0.106. The van der Waals surface area contributed by atoms with Crippen LogP contribution in [0, 0.1) is 0 Å². The quantitative estimate of drug-likeness (QED) is 0.679. The number of hydrogen-bond acceptors (Lipinski definition) is 2. The average molecular weight is 176 g/mol. The molecule has 0 aromatic carbocycles. The molecule has 1 aromatic heterocycles. The molecule has 1 aromatic rings. The lowest BCUT2D eigenvalue weighted by molar-refractivity contribution is 0.562. The van der Waals surface area contributed by atoms with Crippen molar-refractivity contribution in [3.8, 4) is 0 Å².